The third kappa shape index (κ3) is 3.56. The fourth-order valence-electron chi connectivity index (χ4n) is 2.95. The third-order valence-corrected chi connectivity index (χ3v) is 4.75. The maximum atomic E-state index is 6.39. The Morgan fingerprint density at radius 3 is 2.44 bits per heavy atom. The minimum Gasteiger partial charge on any atom is -0.326 e. The molecule has 1 saturated heterocycles. The van der Waals surface area contributed by atoms with Crippen LogP contribution in [0, 0.1) is 0 Å². The number of thiophene rings is 1. The van der Waals surface area contributed by atoms with Crippen LogP contribution in [0.25, 0.3) is 0 Å². The summed E-state index contributed by atoms with van der Waals surface area (Å²) >= 11 is 1.79. The van der Waals surface area contributed by atoms with Crippen LogP contribution in [0.5, 0.6) is 0 Å². The van der Waals surface area contributed by atoms with Gasteiger partial charge in [0.1, 0.15) is 0 Å². The average molecular weight is 266 g/mol. The Bertz CT molecular complexity index is 315. The second-order valence-corrected chi connectivity index (χ2v) is 6.16. The Labute approximate surface area is 115 Å². The summed E-state index contributed by atoms with van der Waals surface area (Å²) in [5, 5.41) is 4.45. The second-order valence-electron chi connectivity index (χ2n) is 5.38. The van der Waals surface area contributed by atoms with Gasteiger partial charge in [0.05, 0.1) is 6.04 Å². The molecule has 0 radical (unpaired) electrons. The minimum absolute atomic E-state index is 0.263. The number of nitrogens with two attached hydrogens (primary N) is 1. The molecule has 2 N–H and O–H groups in total. The van der Waals surface area contributed by atoms with E-state index in [4.69, 9.17) is 5.73 Å². The first-order chi connectivity index (χ1) is 8.83. The van der Waals surface area contributed by atoms with Crippen LogP contribution in [-0.4, -0.2) is 24.0 Å². The Balaban J connectivity index is 2.11. The quantitative estimate of drug-likeness (QED) is 0.898. The molecular formula is C15H26N2S. The summed E-state index contributed by atoms with van der Waals surface area (Å²) in [5.74, 6) is 0. The van der Waals surface area contributed by atoms with E-state index in [1.54, 1.807) is 11.3 Å². The Kier molecular flexibility index (Phi) is 5.67. The lowest BCUT2D eigenvalue weighted by Crippen LogP contribution is -2.42. The van der Waals surface area contributed by atoms with Crippen molar-refractivity contribution in [3.8, 4) is 0 Å². The van der Waals surface area contributed by atoms with E-state index in [2.05, 4.69) is 28.7 Å². The monoisotopic (exact) mass is 266 g/mol. The molecule has 18 heavy (non-hydrogen) atoms. The van der Waals surface area contributed by atoms with Gasteiger partial charge in [-0.3, -0.25) is 4.90 Å². The van der Waals surface area contributed by atoms with Gasteiger partial charge in [-0.05, 0) is 54.7 Å². The molecule has 3 heteroatoms. The first kappa shape index (κ1) is 14.0. The standard InChI is InChI=1S/C15H26N2S/c1-2-14(16)15(13-8-11-18-12-13)17-9-6-4-3-5-7-10-17/h8,11-12,14-15H,2-7,9-10,16H2,1H3. The molecule has 2 nitrogen and oxygen atoms in total. The van der Waals surface area contributed by atoms with E-state index >= 15 is 0 Å². The number of nitrogens with zero attached hydrogens (tertiary/aromatic N) is 1. The van der Waals surface area contributed by atoms with Crippen molar-refractivity contribution in [3.05, 3.63) is 22.4 Å². The van der Waals surface area contributed by atoms with Crippen molar-refractivity contribution in [2.24, 2.45) is 5.73 Å². The Hall–Kier alpha value is -0.380. The predicted octanol–water partition coefficient (Wildman–Crippen LogP) is 3.79. The van der Waals surface area contributed by atoms with Crippen molar-refractivity contribution >= 4 is 11.3 Å². The largest absolute Gasteiger partial charge is 0.326 e. The first-order valence-corrected chi connectivity index (χ1v) is 8.29. The minimum atomic E-state index is 0.263. The molecule has 2 rings (SSSR count). The highest BCUT2D eigenvalue weighted by Crippen LogP contribution is 2.28. The zero-order valence-corrected chi connectivity index (χ0v) is 12.3. The van der Waals surface area contributed by atoms with Gasteiger partial charge in [-0.15, -0.1) is 0 Å². The predicted molar refractivity (Wildman–Crippen MR) is 80.0 cm³/mol. The average Bonchev–Trinajstić information content (AvgIpc) is 2.85. The fourth-order valence-corrected chi connectivity index (χ4v) is 3.63. The van der Waals surface area contributed by atoms with Crippen molar-refractivity contribution in [1.82, 2.24) is 4.90 Å². The van der Waals surface area contributed by atoms with Gasteiger partial charge in [0.25, 0.3) is 0 Å². The third-order valence-electron chi connectivity index (χ3n) is 4.05. The summed E-state index contributed by atoms with van der Waals surface area (Å²) in [5.41, 5.74) is 7.82. The lowest BCUT2D eigenvalue weighted by Gasteiger charge is -2.36. The summed E-state index contributed by atoms with van der Waals surface area (Å²) in [4.78, 5) is 2.63. The highest BCUT2D eigenvalue weighted by Gasteiger charge is 2.25. The zero-order valence-electron chi connectivity index (χ0n) is 11.5. The Morgan fingerprint density at radius 1 is 1.22 bits per heavy atom. The molecule has 102 valence electrons. The van der Waals surface area contributed by atoms with E-state index in [0.29, 0.717) is 6.04 Å². The van der Waals surface area contributed by atoms with Gasteiger partial charge in [-0.25, -0.2) is 0 Å². The zero-order chi connectivity index (χ0) is 12.8. The molecule has 1 fully saturated rings. The molecule has 2 atom stereocenters. The number of hydrogen-bond acceptors (Lipinski definition) is 3. The normalized spacial score (nSPS) is 22.1. The summed E-state index contributed by atoms with van der Waals surface area (Å²) in [6, 6.07) is 2.95. The van der Waals surface area contributed by atoms with E-state index in [-0.39, 0.29) is 6.04 Å². The first-order valence-electron chi connectivity index (χ1n) is 7.34. The van der Waals surface area contributed by atoms with E-state index in [0.717, 1.165) is 6.42 Å². The van der Waals surface area contributed by atoms with Crippen LogP contribution in [0.4, 0.5) is 0 Å². The van der Waals surface area contributed by atoms with Gasteiger partial charge >= 0.3 is 0 Å². The number of likely N-dealkylation sites (tertiary alicyclic amines) is 1. The molecule has 0 aromatic carbocycles. The van der Waals surface area contributed by atoms with Crippen molar-refractivity contribution in [2.75, 3.05) is 13.1 Å². The van der Waals surface area contributed by atoms with E-state index in [1.165, 1.54) is 50.8 Å². The molecule has 1 aliphatic rings. The van der Waals surface area contributed by atoms with E-state index < -0.39 is 0 Å². The number of hydrogen-bond donors (Lipinski definition) is 1. The summed E-state index contributed by atoms with van der Waals surface area (Å²) in [6.07, 6.45) is 7.89. The van der Waals surface area contributed by atoms with Crippen LogP contribution < -0.4 is 5.73 Å². The van der Waals surface area contributed by atoms with Crippen LogP contribution in [-0.2, 0) is 0 Å². The van der Waals surface area contributed by atoms with E-state index in [1.807, 2.05) is 0 Å². The highest BCUT2D eigenvalue weighted by atomic mass is 32.1. The molecular weight excluding hydrogens is 240 g/mol. The highest BCUT2D eigenvalue weighted by molar-refractivity contribution is 7.07. The van der Waals surface area contributed by atoms with Crippen molar-refractivity contribution in [3.63, 3.8) is 0 Å². The summed E-state index contributed by atoms with van der Waals surface area (Å²) < 4.78 is 0. The smallest absolute Gasteiger partial charge is 0.0507 e. The molecule has 0 saturated carbocycles. The lowest BCUT2D eigenvalue weighted by atomic mass is 9.96. The molecule has 0 spiro atoms. The van der Waals surface area contributed by atoms with Crippen molar-refractivity contribution < 1.29 is 0 Å². The van der Waals surface area contributed by atoms with Gasteiger partial charge in [0, 0.05) is 6.04 Å². The van der Waals surface area contributed by atoms with Crippen LogP contribution in [0.1, 0.15) is 57.1 Å². The molecule has 1 aromatic rings. The van der Waals surface area contributed by atoms with Gasteiger partial charge < -0.3 is 5.73 Å². The van der Waals surface area contributed by atoms with E-state index in [9.17, 15) is 0 Å². The molecule has 0 aliphatic carbocycles. The van der Waals surface area contributed by atoms with Gasteiger partial charge in [0.15, 0.2) is 0 Å². The summed E-state index contributed by atoms with van der Waals surface area (Å²) in [7, 11) is 0. The molecule has 2 heterocycles. The van der Waals surface area contributed by atoms with Gasteiger partial charge in [-0.2, -0.15) is 11.3 Å². The van der Waals surface area contributed by atoms with Crippen molar-refractivity contribution in [2.45, 2.75) is 57.5 Å². The van der Waals surface area contributed by atoms with Crippen LogP contribution in [0.15, 0.2) is 16.8 Å². The van der Waals surface area contributed by atoms with Crippen LogP contribution >= 0.6 is 11.3 Å². The maximum Gasteiger partial charge on any atom is 0.0507 e. The molecule has 0 amide bonds. The Morgan fingerprint density at radius 2 is 1.89 bits per heavy atom. The molecule has 2 unspecified atom stereocenters. The van der Waals surface area contributed by atoms with Gasteiger partial charge in [-0.1, -0.05) is 26.2 Å². The summed E-state index contributed by atoms with van der Waals surface area (Å²) in [6.45, 7) is 4.64. The lowest BCUT2D eigenvalue weighted by molar-refractivity contribution is 0.155. The second kappa shape index (κ2) is 7.27. The molecule has 0 bridgehead atoms. The molecule has 1 aliphatic heterocycles. The van der Waals surface area contributed by atoms with Gasteiger partial charge in [0.2, 0.25) is 0 Å². The SMILES string of the molecule is CCC(N)C(c1ccsc1)N1CCCCCCC1. The van der Waals surface area contributed by atoms with Crippen LogP contribution in [0.2, 0.25) is 0 Å². The molecule has 1 aromatic heterocycles. The maximum absolute atomic E-state index is 6.39. The fraction of sp³-hybridized carbons (Fsp3) is 0.733. The van der Waals surface area contributed by atoms with Crippen molar-refractivity contribution in [1.29, 1.82) is 0 Å². The topological polar surface area (TPSA) is 29.3 Å². The number of rotatable bonds is 4. The van der Waals surface area contributed by atoms with Crippen LogP contribution in [0.3, 0.4) is 0 Å².